The summed E-state index contributed by atoms with van der Waals surface area (Å²) in [5, 5.41) is 0. The third kappa shape index (κ3) is 2.76. The van der Waals surface area contributed by atoms with Crippen LogP contribution in [-0.4, -0.2) is 18.1 Å². The fraction of sp³-hybridized carbons (Fsp3) is 0.143. The van der Waals surface area contributed by atoms with Crippen LogP contribution in [0.4, 0.5) is 8.78 Å². The monoisotopic (exact) mass is 263 g/mol. The van der Waals surface area contributed by atoms with Crippen molar-refractivity contribution in [2.24, 2.45) is 0 Å². The lowest BCUT2D eigenvalue weighted by Gasteiger charge is -2.14. The van der Waals surface area contributed by atoms with E-state index in [1.165, 1.54) is 19.4 Å². The Kier molecular flexibility index (Phi) is 3.85. The van der Waals surface area contributed by atoms with Crippen molar-refractivity contribution in [1.29, 1.82) is 0 Å². The van der Waals surface area contributed by atoms with Crippen LogP contribution in [0, 0.1) is 11.6 Å². The van der Waals surface area contributed by atoms with Gasteiger partial charge in [0.1, 0.15) is 5.92 Å². The number of pyridine rings is 1. The molecule has 0 saturated heterocycles. The van der Waals surface area contributed by atoms with Gasteiger partial charge in [0.05, 0.1) is 12.8 Å². The van der Waals surface area contributed by atoms with Gasteiger partial charge >= 0.3 is 5.97 Å². The molecule has 0 aliphatic carbocycles. The second-order valence-corrected chi connectivity index (χ2v) is 3.88. The Labute approximate surface area is 108 Å². The highest BCUT2D eigenvalue weighted by molar-refractivity contribution is 5.81. The topological polar surface area (TPSA) is 39.2 Å². The minimum Gasteiger partial charge on any atom is -0.468 e. The highest BCUT2D eigenvalue weighted by Crippen LogP contribution is 2.25. The van der Waals surface area contributed by atoms with Crippen LogP contribution in [0.1, 0.15) is 17.2 Å². The van der Waals surface area contributed by atoms with E-state index in [9.17, 15) is 13.6 Å². The first-order valence-corrected chi connectivity index (χ1v) is 5.57. The molecule has 1 aromatic carbocycles. The number of carbonyl (C=O) groups excluding carboxylic acids is 1. The van der Waals surface area contributed by atoms with Gasteiger partial charge < -0.3 is 4.74 Å². The van der Waals surface area contributed by atoms with Crippen LogP contribution in [0.5, 0.6) is 0 Å². The molecule has 0 aliphatic rings. The zero-order chi connectivity index (χ0) is 13.8. The molecule has 0 aliphatic heterocycles. The Morgan fingerprint density at radius 1 is 1.21 bits per heavy atom. The summed E-state index contributed by atoms with van der Waals surface area (Å²) in [7, 11) is 1.23. The Balaban J connectivity index is 2.49. The molecule has 2 rings (SSSR count). The first kappa shape index (κ1) is 13.1. The molecule has 98 valence electrons. The van der Waals surface area contributed by atoms with Crippen LogP contribution < -0.4 is 0 Å². The van der Waals surface area contributed by atoms with Crippen molar-refractivity contribution in [3.05, 3.63) is 65.5 Å². The Morgan fingerprint density at radius 3 is 2.58 bits per heavy atom. The van der Waals surface area contributed by atoms with Gasteiger partial charge in [-0.25, -0.2) is 8.78 Å². The molecule has 0 amide bonds. The van der Waals surface area contributed by atoms with Gasteiger partial charge in [-0.1, -0.05) is 12.1 Å². The van der Waals surface area contributed by atoms with Crippen LogP contribution in [-0.2, 0) is 9.53 Å². The Hall–Kier alpha value is -2.30. The van der Waals surface area contributed by atoms with Gasteiger partial charge in [-0.15, -0.1) is 0 Å². The highest BCUT2D eigenvalue weighted by Gasteiger charge is 2.25. The molecule has 0 radical (unpaired) electrons. The first-order valence-electron chi connectivity index (χ1n) is 5.57. The number of benzene rings is 1. The second kappa shape index (κ2) is 5.56. The maximum Gasteiger partial charge on any atom is 0.319 e. The maximum absolute atomic E-state index is 13.3. The smallest absolute Gasteiger partial charge is 0.319 e. The lowest BCUT2D eigenvalue weighted by molar-refractivity contribution is -0.141. The number of halogens is 2. The average molecular weight is 263 g/mol. The number of rotatable bonds is 3. The van der Waals surface area contributed by atoms with E-state index in [2.05, 4.69) is 4.98 Å². The molecular formula is C14H11F2NO2. The van der Waals surface area contributed by atoms with E-state index in [-0.39, 0.29) is 0 Å². The minimum atomic E-state index is -1.01. The molecule has 5 heteroatoms. The zero-order valence-corrected chi connectivity index (χ0v) is 10.1. The van der Waals surface area contributed by atoms with Crippen molar-refractivity contribution in [2.45, 2.75) is 5.92 Å². The summed E-state index contributed by atoms with van der Waals surface area (Å²) in [6.07, 6.45) is 1.52. The van der Waals surface area contributed by atoms with Gasteiger partial charge in [-0.2, -0.15) is 0 Å². The number of hydrogen-bond acceptors (Lipinski definition) is 3. The maximum atomic E-state index is 13.3. The largest absolute Gasteiger partial charge is 0.468 e. The molecule has 0 fully saturated rings. The quantitative estimate of drug-likeness (QED) is 0.799. The van der Waals surface area contributed by atoms with E-state index < -0.39 is 23.5 Å². The number of ether oxygens (including phenoxy) is 1. The summed E-state index contributed by atoms with van der Waals surface area (Å²) >= 11 is 0. The molecule has 2 aromatic rings. The number of esters is 1. The summed E-state index contributed by atoms with van der Waals surface area (Å²) in [4.78, 5) is 15.9. The molecule has 1 heterocycles. The third-order valence-corrected chi connectivity index (χ3v) is 2.70. The molecule has 0 spiro atoms. The van der Waals surface area contributed by atoms with Gasteiger partial charge in [0.25, 0.3) is 0 Å². The van der Waals surface area contributed by atoms with Crippen molar-refractivity contribution in [2.75, 3.05) is 7.11 Å². The van der Waals surface area contributed by atoms with E-state index in [1.807, 2.05) is 0 Å². The van der Waals surface area contributed by atoms with E-state index in [0.717, 1.165) is 12.1 Å². The van der Waals surface area contributed by atoms with E-state index >= 15 is 0 Å². The fourth-order valence-corrected chi connectivity index (χ4v) is 1.78. The summed E-state index contributed by atoms with van der Waals surface area (Å²) < 4.78 is 30.9. The average Bonchev–Trinajstić information content (AvgIpc) is 2.44. The molecule has 19 heavy (non-hydrogen) atoms. The molecular weight excluding hydrogens is 252 g/mol. The minimum absolute atomic E-state index is 0.296. The number of nitrogens with zero attached hydrogens (tertiary/aromatic N) is 1. The molecule has 3 nitrogen and oxygen atoms in total. The van der Waals surface area contributed by atoms with Crippen LogP contribution in [0.3, 0.4) is 0 Å². The summed E-state index contributed by atoms with van der Waals surface area (Å²) in [5.74, 6) is -3.43. The van der Waals surface area contributed by atoms with E-state index in [0.29, 0.717) is 11.3 Å². The van der Waals surface area contributed by atoms with E-state index in [1.54, 1.807) is 18.2 Å². The molecule has 1 aromatic heterocycles. The van der Waals surface area contributed by atoms with Crippen LogP contribution in [0.25, 0.3) is 0 Å². The first-order chi connectivity index (χ1) is 9.13. The predicted molar refractivity (Wildman–Crippen MR) is 64.5 cm³/mol. The van der Waals surface area contributed by atoms with Gasteiger partial charge in [0.2, 0.25) is 0 Å². The van der Waals surface area contributed by atoms with Crippen LogP contribution >= 0.6 is 0 Å². The van der Waals surface area contributed by atoms with Crippen molar-refractivity contribution in [3.63, 3.8) is 0 Å². The predicted octanol–water partition coefficient (Wildman–Crippen LogP) is 2.66. The molecule has 0 bridgehead atoms. The van der Waals surface area contributed by atoms with Crippen LogP contribution in [0.15, 0.2) is 42.6 Å². The summed E-state index contributed by atoms with van der Waals surface area (Å²) in [5.41, 5.74) is 0.713. The molecule has 1 atom stereocenters. The Bertz CT molecular complexity index is 587. The normalized spacial score (nSPS) is 11.9. The van der Waals surface area contributed by atoms with Gasteiger partial charge in [0, 0.05) is 6.20 Å². The van der Waals surface area contributed by atoms with Gasteiger partial charge in [-0.3, -0.25) is 9.78 Å². The fourth-order valence-electron chi connectivity index (χ4n) is 1.78. The van der Waals surface area contributed by atoms with Gasteiger partial charge in [-0.05, 0) is 29.8 Å². The van der Waals surface area contributed by atoms with Crippen LogP contribution in [0.2, 0.25) is 0 Å². The second-order valence-electron chi connectivity index (χ2n) is 3.88. The van der Waals surface area contributed by atoms with E-state index in [4.69, 9.17) is 4.74 Å². The van der Waals surface area contributed by atoms with Crippen molar-refractivity contribution in [3.8, 4) is 0 Å². The number of methoxy groups -OCH3 is 1. The zero-order valence-electron chi connectivity index (χ0n) is 10.1. The molecule has 0 saturated carbocycles. The number of aromatic nitrogens is 1. The third-order valence-electron chi connectivity index (χ3n) is 2.70. The van der Waals surface area contributed by atoms with Crippen molar-refractivity contribution >= 4 is 5.97 Å². The van der Waals surface area contributed by atoms with Gasteiger partial charge in [0.15, 0.2) is 11.6 Å². The summed E-state index contributed by atoms with van der Waals surface area (Å²) in [6.45, 7) is 0. The Morgan fingerprint density at radius 2 is 2.00 bits per heavy atom. The SMILES string of the molecule is COC(=O)[C@@H](c1ccc(F)c(F)c1)c1ccccn1. The number of hydrogen-bond donors (Lipinski definition) is 0. The standard InChI is InChI=1S/C14H11F2NO2/c1-19-14(18)13(12-4-2-3-7-17-12)9-5-6-10(15)11(16)8-9/h2-8,13H,1H3/t13-/m0/s1. The molecule has 0 unspecified atom stereocenters. The lowest BCUT2D eigenvalue weighted by Crippen LogP contribution is -2.17. The highest BCUT2D eigenvalue weighted by atomic mass is 19.2. The molecule has 0 N–H and O–H groups in total. The number of carbonyl (C=O) groups is 1. The van der Waals surface area contributed by atoms with Crippen molar-refractivity contribution < 1.29 is 18.3 Å². The summed E-state index contributed by atoms with van der Waals surface area (Å²) in [6, 6.07) is 8.33. The lowest BCUT2D eigenvalue weighted by atomic mass is 9.95. The van der Waals surface area contributed by atoms with Crippen molar-refractivity contribution in [1.82, 2.24) is 4.98 Å².